The molecule has 0 spiro atoms. The molecule has 8 nitrogen and oxygen atoms in total. The molecular formula is C21H24N2O6S. The van der Waals surface area contributed by atoms with E-state index in [0.717, 1.165) is 0 Å². The van der Waals surface area contributed by atoms with Crippen molar-refractivity contribution in [1.82, 2.24) is 4.57 Å². The number of methoxy groups -OCH3 is 2. The molecule has 0 saturated carbocycles. The molecule has 0 amide bonds. The number of fused-ring (bicyclic) bond motifs is 1. The predicted molar refractivity (Wildman–Crippen MR) is 114 cm³/mol. The van der Waals surface area contributed by atoms with Crippen LogP contribution in [0.5, 0.6) is 11.5 Å². The highest BCUT2D eigenvalue weighted by atomic mass is 32.2. The van der Waals surface area contributed by atoms with Crippen LogP contribution in [0.4, 0.5) is 5.69 Å². The lowest BCUT2D eigenvalue weighted by molar-refractivity contribution is 0.0527. The molecule has 0 fully saturated rings. The Morgan fingerprint density at radius 3 is 2.30 bits per heavy atom. The van der Waals surface area contributed by atoms with Crippen molar-refractivity contribution in [2.24, 2.45) is 7.05 Å². The van der Waals surface area contributed by atoms with Gasteiger partial charge in [0.15, 0.2) is 0 Å². The Hall–Kier alpha value is -3.20. The van der Waals surface area contributed by atoms with E-state index in [-0.39, 0.29) is 22.9 Å². The van der Waals surface area contributed by atoms with Crippen LogP contribution in [0.15, 0.2) is 41.3 Å². The van der Waals surface area contributed by atoms with E-state index in [0.29, 0.717) is 27.9 Å². The van der Waals surface area contributed by atoms with Gasteiger partial charge in [0.05, 0.1) is 36.8 Å². The van der Waals surface area contributed by atoms with E-state index in [2.05, 4.69) is 4.72 Å². The summed E-state index contributed by atoms with van der Waals surface area (Å²) in [5.74, 6) is 0.298. The number of nitrogens with one attached hydrogen (secondary N) is 1. The normalized spacial score (nSPS) is 11.4. The molecule has 0 aliphatic heterocycles. The summed E-state index contributed by atoms with van der Waals surface area (Å²) >= 11 is 0. The zero-order chi connectivity index (χ0) is 22.1. The standard InChI is InChI=1S/C21H24N2O6S/c1-6-29-21(24)18-13(2)23(3)16-11-12-17(28-5)20(19(16)18)22-30(25,26)15-9-7-14(27-4)8-10-15/h7-12,22H,6H2,1-5H3. The molecule has 1 heterocycles. The maximum Gasteiger partial charge on any atom is 0.340 e. The molecule has 0 radical (unpaired) electrons. The van der Waals surface area contributed by atoms with Gasteiger partial charge in [-0.15, -0.1) is 0 Å². The van der Waals surface area contributed by atoms with Gasteiger partial charge in [0.25, 0.3) is 10.0 Å². The topological polar surface area (TPSA) is 95.9 Å². The maximum absolute atomic E-state index is 13.1. The number of rotatable bonds is 7. The van der Waals surface area contributed by atoms with E-state index in [1.165, 1.54) is 26.4 Å². The molecule has 0 aliphatic carbocycles. The second-order valence-electron chi connectivity index (χ2n) is 6.56. The van der Waals surface area contributed by atoms with Crippen molar-refractivity contribution in [1.29, 1.82) is 0 Å². The summed E-state index contributed by atoms with van der Waals surface area (Å²) in [6, 6.07) is 9.43. The number of aryl methyl sites for hydroxylation is 1. The van der Waals surface area contributed by atoms with Crippen LogP contribution in [0.25, 0.3) is 10.9 Å². The van der Waals surface area contributed by atoms with Crippen LogP contribution in [-0.2, 0) is 21.8 Å². The number of carbonyl (C=O) groups is 1. The fourth-order valence-electron chi connectivity index (χ4n) is 3.31. The number of esters is 1. The number of hydrogen-bond donors (Lipinski definition) is 1. The van der Waals surface area contributed by atoms with Crippen LogP contribution in [0, 0.1) is 6.92 Å². The van der Waals surface area contributed by atoms with Gasteiger partial charge in [-0.25, -0.2) is 13.2 Å². The summed E-state index contributed by atoms with van der Waals surface area (Å²) in [6.07, 6.45) is 0. The van der Waals surface area contributed by atoms with Gasteiger partial charge in [-0.1, -0.05) is 0 Å². The predicted octanol–water partition coefficient (Wildman–Crippen LogP) is 3.48. The highest BCUT2D eigenvalue weighted by Gasteiger charge is 2.27. The highest BCUT2D eigenvalue weighted by Crippen LogP contribution is 2.39. The smallest absolute Gasteiger partial charge is 0.340 e. The fraction of sp³-hybridized carbons (Fsp3) is 0.286. The number of anilines is 1. The average molecular weight is 432 g/mol. The van der Waals surface area contributed by atoms with Crippen molar-refractivity contribution in [3.05, 3.63) is 47.7 Å². The summed E-state index contributed by atoms with van der Waals surface area (Å²) in [5.41, 5.74) is 1.80. The average Bonchev–Trinajstić information content (AvgIpc) is 2.99. The van der Waals surface area contributed by atoms with E-state index in [1.54, 1.807) is 45.2 Å². The molecule has 3 rings (SSSR count). The SMILES string of the molecule is CCOC(=O)c1c(C)n(C)c2ccc(OC)c(NS(=O)(=O)c3ccc(OC)cc3)c12. The summed E-state index contributed by atoms with van der Waals surface area (Å²) < 4.78 is 46.3. The third kappa shape index (κ3) is 3.68. The first kappa shape index (κ1) is 21.5. The van der Waals surface area contributed by atoms with Crippen LogP contribution in [0.1, 0.15) is 23.0 Å². The van der Waals surface area contributed by atoms with E-state index in [9.17, 15) is 13.2 Å². The van der Waals surface area contributed by atoms with Gasteiger partial charge in [0.1, 0.15) is 17.2 Å². The first-order chi connectivity index (χ1) is 14.2. The zero-order valence-electron chi connectivity index (χ0n) is 17.5. The fourth-order valence-corrected chi connectivity index (χ4v) is 4.39. The van der Waals surface area contributed by atoms with Gasteiger partial charge in [0.2, 0.25) is 0 Å². The highest BCUT2D eigenvalue weighted by molar-refractivity contribution is 7.92. The Labute approximate surface area is 175 Å². The largest absolute Gasteiger partial charge is 0.497 e. The van der Waals surface area contributed by atoms with Crippen LogP contribution < -0.4 is 14.2 Å². The van der Waals surface area contributed by atoms with Gasteiger partial charge in [-0.3, -0.25) is 4.72 Å². The summed E-state index contributed by atoms with van der Waals surface area (Å²) in [5, 5.41) is 0.421. The third-order valence-corrected chi connectivity index (χ3v) is 6.29. The number of sulfonamides is 1. The number of nitrogens with zero attached hydrogens (tertiary/aromatic N) is 1. The summed E-state index contributed by atoms with van der Waals surface area (Å²) in [4.78, 5) is 12.7. The van der Waals surface area contributed by atoms with Crippen molar-refractivity contribution in [3.63, 3.8) is 0 Å². The molecule has 2 aromatic carbocycles. The molecule has 0 atom stereocenters. The second kappa shape index (κ2) is 8.27. The zero-order valence-corrected chi connectivity index (χ0v) is 18.3. The molecule has 9 heteroatoms. The lowest BCUT2D eigenvalue weighted by atomic mass is 10.1. The van der Waals surface area contributed by atoms with Crippen LogP contribution >= 0.6 is 0 Å². The number of hydrogen-bond acceptors (Lipinski definition) is 6. The monoisotopic (exact) mass is 432 g/mol. The van der Waals surface area contributed by atoms with Gasteiger partial charge < -0.3 is 18.8 Å². The van der Waals surface area contributed by atoms with Crippen LogP contribution in [-0.4, -0.2) is 39.8 Å². The Morgan fingerprint density at radius 1 is 1.07 bits per heavy atom. The molecule has 0 bridgehead atoms. The second-order valence-corrected chi connectivity index (χ2v) is 8.24. The summed E-state index contributed by atoms with van der Waals surface area (Å²) in [6.45, 7) is 3.69. The number of ether oxygens (including phenoxy) is 3. The van der Waals surface area contributed by atoms with Crippen molar-refractivity contribution in [2.75, 3.05) is 25.5 Å². The lowest BCUT2D eigenvalue weighted by Gasteiger charge is -2.14. The minimum atomic E-state index is -3.97. The van der Waals surface area contributed by atoms with Gasteiger partial charge in [0, 0.05) is 18.1 Å². The minimum Gasteiger partial charge on any atom is -0.497 e. The molecule has 0 unspecified atom stereocenters. The van der Waals surface area contributed by atoms with Crippen molar-refractivity contribution in [2.45, 2.75) is 18.7 Å². The Balaban J connectivity index is 2.23. The van der Waals surface area contributed by atoms with Crippen molar-refractivity contribution >= 4 is 32.6 Å². The molecule has 0 aliphatic rings. The number of benzene rings is 2. The van der Waals surface area contributed by atoms with E-state index < -0.39 is 16.0 Å². The third-order valence-electron chi connectivity index (χ3n) is 4.93. The molecule has 1 aromatic heterocycles. The first-order valence-corrected chi connectivity index (χ1v) is 10.7. The quantitative estimate of drug-likeness (QED) is 0.574. The van der Waals surface area contributed by atoms with E-state index in [1.807, 2.05) is 4.57 Å². The molecule has 3 aromatic rings. The van der Waals surface area contributed by atoms with Crippen molar-refractivity contribution in [3.8, 4) is 11.5 Å². The molecule has 160 valence electrons. The summed E-state index contributed by atoms with van der Waals surface area (Å²) in [7, 11) is 0.771. The number of carbonyl (C=O) groups excluding carboxylic acids is 1. The molecule has 30 heavy (non-hydrogen) atoms. The maximum atomic E-state index is 13.1. The van der Waals surface area contributed by atoms with E-state index >= 15 is 0 Å². The first-order valence-electron chi connectivity index (χ1n) is 9.25. The van der Waals surface area contributed by atoms with E-state index in [4.69, 9.17) is 14.2 Å². The Bertz CT molecular complexity index is 1200. The van der Waals surface area contributed by atoms with Crippen LogP contribution in [0.3, 0.4) is 0 Å². The Morgan fingerprint density at radius 2 is 1.73 bits per heavy atom. The lowest BCUT2D eigenvalue weighted by Crippen LogP contribution is -2.15. The van der Waals surface area contributed by atoms with Gasteiger partial charge in [-0.05, 0) is 50.2 Å². The molecular weight excluding hydrogens is 408 g/mol. The van der Waals surface area contributed by atoms with Crippen molar-refractivity contribution < 1.29 is 27.4 Å². The van der Waals surface area contributed by atoms with Crippen LogP contribution in [0.2, 0.25) is 0 Å². The number of aromatic nitrogens is 1. The van der Waals surface area contributed by atoms with Gasteiger partial charge >= 0.3 is 5.97 Å². The minimum absolute atomic E-state index is 0.0488. The van der Waals surface area contributed by atoms with Gasteiger partial charge in [-0.2, -0.15) is 0 Å². The Kier molecular flexibility index (Phi) is 5.93. The molecule has 0 saturated heterocycles. The molecule has 1 N–H and O–H groups in total.